The summed E-state index contributed by atoms with van der Waals surface area (Å²) in [7, 11) is 2.16. The van der Waals surface area contributed by atoms with Crippen LogP contribution in [-0.4, -0.2) is 92.4 Å². The smallest absolute Gasteiger partial charge is 0.261 e. The number of rotatable bonds is 9. The number of anilines is 2. The summed E-state index contributed by atoms with van der Waals surface area (Å²) in [5.74, 6) is -1.75. The minimum atomic E-state index is -0.647. The van der Waals surface area contributed by atoms with Gasteiger partial charge in [-0.15, -0.1) is 0 Å². The maximum absolute atomic E-state index is 15.1. The first-order valence-corrected chi connectivity index (χ1v) is 18.4. The van der Waals surface area contributed by atoms with Crippen LogP contribution >= 0.6 is 0 Å². The fourth-order valence-corrected chi connectivity index (χ4v) is 8.27. The van der Waals surface area contributed by atoms with E-state index in [0.29, 0.717) is 58.8 Å². The third-order valence-electron chi connectivity index (χ3n) is 11.3. The van der Waals surface area contributed by atoms with E-state index in [-0.39, 0.29) is 36.3 Å². The molecule has 14 heteroatoms. The number of nitrogens with zero attached hydrogens (tertiary/aromatic N) is 6. The Labute approximate surface area is 306 Å². The van der Waals surface area contributed by atoms with Crippen molar-refractivity contribution in [1.82, 2.24) is 29.7 Å². The normalized spacial score (nSPS) is 22.0. The van der Waals surface area contributed by atoms with Gasteiger partial charge >= 0.3 is 0 Å². The maximum atomic E-state index is 15.1. The van der Waals surface area contributed by atoms with Crippen LogP contribution in [0.4, 0.5) is 15.8 Å². The topological polar surface area (TPSA) is 141 Å². The van der Waals surface area contributed by atoms with Crippen molar-refractivity contribution in [3.63, 3.8) is 0 Å². The molecule has 1 aliphatic carbocycles. The van der Waals surface area contributed by atoms with Crippen LogP contribution < -0.4 is 20.3 Å². The lowest BCUT2D eigenvalue weighted by Gasteiger charge is -2.49. The minimum Gasteiger partial charge on any atom is -0.489 e. The summed E-state index contributed by atoms with van der Waals surface area (Å²) in [4.78, 5) is 61.8. The van der Waals surface area contributed by atoms with Gasteiger partial charge in [0.1, 0.15) is 17.1 Å². The van der Waals surface area contributed by atoms with E-state index in [1.807, 2.05) is 30.9 Å². The first-order valence-electron chi connectivity index (χ1n) is 18.4. The second-order valence-corrected chi connectivity index (χ2v) is 14.9. The number of piperidine rings is 1. The zero-order valence-corrected chi connectivity index (χ0v) is 30.0. The number of likely N-dealkylation sites (N-methyl/N-ethyl adjacent to an activating group) is 1. The zero-order chi connectivity index (χ0) is 37.0. The van der Waals surface area contributed by atoms with Crippen LogP contribution in [0.2, 0.25) is 0 Å². The van der Waals surface area contributed by atoms with Crippen molar-refractivity contribution in [2.45, 2.75) is 89.1 Å². The molecule has 13 nitrogen and oxygen atoms in total. The highest BCUT2D eigenvalue weighted by molar-refractivity contribution is 6.09. The van der Waals surface area contributed by atoms with Gasteiger partial charge in [0.05, 0.1) is 23.9 Å². The summed E-state index contributed by atoms with van der Waals surface area (Å²) in [6, 6.07) is 11.2. The van der Waals surface area contributed by atoms with E-state index < -0.39 is 17.6 Å². The average Bonchev–Trinajstić information content (AvgIpc) is 3.69. The Bertz CT molecular complexity index is 2100. The van der Waals surface area contributed by atoms with Crippen molar-refractivity contribution in [2.75, 3.05) is 30.4 Å². The first-order chi connectivity index (χ1) is 25.5. The number of aromatic nitrogens is 3. The summed E-state index contributed by atoms with van der Waals surface area (Å²) in [5, 5.41) is 9.53. The van der Waals surface area contributed by atoms with Crippen LogP contribution in [0.5, 0.6) is 5.75 Å². The molecular formula is C39H43FN8O5. The lowest BCUT2D eigenvalue weighted by molar-refractivity contribution is -0.134. The van der Waals surface area contributed by atoms with E-state index in [4.69, 9.17) is 4.74 Å². The second-order valence-electron chi connectivity index (χ2n) is 14.9. The monoisotopic (exact) mass is 722 g/mol. The molecule has 2 N–H and O–H groups in total. The number of ether oxygens (including phenoxy) is 1. The summed E-state index contributed by atoms with van der Waals surface area (Å²) in [5.41, 5.74) is 3.87. The number of halogens is 1. The third kappa shape index (κ3) is 6.60. The molecule has 2 aromatic carbocycles. The molecule has 2 aromatic heterocycles. The molecule has 276 valence electrons. The van der Waals surface area contributed by atoms with Gasteiger partial charge in [-0.1, -0.05) is 6.07 Å². The highest BCUT2D eigenvalue weighted by atomic mass is 19.1. The molecule has 0 spiro atoms. The van der Waals surface area contributed by atoms with Gasteiger partial charge in [0.25, 0.3) is 11.8 Å². The molecule has 1 saturated carbocycles. The predicted octanol–water partition coefficient (Wildman–Crippen LogP) is 4.52. The van der Waals surface area contributed by atoms with Crippen molar-refractivity contribution in [2.24, 2.45) is 0 Å². The average molecular weight is 723 g/mol. The van der Waals surface area contributed by atoms with Crippen LogP contribution in [0.1, 0.15) is 90.1 Å². The van der Waals surface area contributed by atoms with Crippen LogP contribution in [0, 0.1) is 5.82 Å². The van der Waals surface area contributed by atoms with Gasteiger partial charge in [0, 0.05) is 73.4 Å². The fourth-order valence-electron chi connectivity index (χ4n) is 8.27. The molecule has 5 heterocycles. The van der Waals surface area contributed by atoms with Crippen molar-refractivity contribution < 1.29 is 28.3 Å². The predicted molar refractivity (Wildman–Crippen MR) is 194 cm³/mol. The van der Waals surface area contributed by atoms with Crippen LogP contribution in [0.15, 0.2) is 55.0 Å². The lowest BCUT2D eigenvalue weighted by atomic mass is 9.88. The van der Waals surface area contributed by atoms with Gasteiger partial charge in [-0.3, -0.25) is 29.4 Å². The lowest BCUT2D eigenvalue weighted by Crippen LogP contribution is -2.61. The summed E-state index contributed by atoms with van der Waals surface area (Å²) in [6.07, 6.45) is 8.89. The highest BCUT2D eigenvalue weighted by Gasteiger charge is 2.40. The Morgan fingerprint density at radius 3 is 2.58 bits per heavy atom. The van der Waals surface area contributed by atoms with Crippen molar-refractivity contribution in [3.05, 3.63) is 83.1 Å². The summed E-state index contributed by atoms with van der Waals surface area (Å²) >= 11 is 0. The fraction of sp³-hybridized carbons (Fsp3) is 0.436. The van der Waals surface area contributed by atoms with Crippen LogP contribution in [-0.2, 0) is 16.1 Å². The van der Waals surface area contributed by atoms with Crippen LogP contribution in [0.25, 0.3) is 5.65 Å². The number of hydrogen-bond donors (Lipinski definition) is 2. The standard InChI is InChI=1S/C39H43FN8O5/c1-22(2)53-34-17-30-23(15-33(34)43-38(51)31-18-42-48-14-4-13-41-36(31)48)19-47(39(30)52)25-7-5-24(6-8-25)45(3)27-20-46(21-27)26-9-10-28(32(40)16-26)29-11-12-35(49)44-37(29)50/h4,9-10,13-18,22,24-25,27,29H,5-8,11-12,19-21H2,1-3H3,(H,43,51)(H,44,49,50)/t24-,25-,29?. The number of imide groups is 1. The molecule has 0 radical (unpaired) electrons. The molecular weight excluding hydrogens is 679 g/mol. The van der Waals surface area contributed by atoms with Crippen LogP contribution in [0.3, 0.4) is 0 Å². The second kappa shape index (κ2) is 13.9. The van der Waals surface area contributed by atoms with E-state index in [9.17, 15) is 19.2 Å². The molecule has 3 aliphatic heterocycles. The molecule has 4 aromatic rings. The van der Waals surface area contributed by atoms with E-state index in [1.54, 1.807) is 35.1 Å². The molecule has 1 atom stereocenters. The number of nitrogens with one attached hydrogen (secondary N) is 2. The van der Waals surface area contributed by atoms with Gasteiger partial charge in [-0.05, 0) is 88.9 Å². The molecule has 3 fully saturated rings. The number of carbonyl (C=O) groups is 4. The quantitative estimate of drug-likeness (QED) is 0.239. The largest absolute Gasteiger partial charge is 0.489 e. The van der Waals surface area contributed by atoms with E-state index in [0.717, 1.165) is 50.0 Å². The molecule has 2 saturated heterocycles. The molecule has 53 heavy (non-hydrogen) atoms. The molecule has 4 aliphatic rings. The maximum Gasteiger partial charge on any atom is 0.261 e. The minimum absolute atomic E-state index is 0.0133. The molecule has 8 rings (SSSR count). The Kier molecular flexibility index (Phi) is 9.09. The van der Waals surface area contributed by atoms with Gasteiger partial charge in [0.15, 0.2) is 5.65 Å². The number of benzene rings is 2. The number of amides is 4. The van der Waals surface area contributed by atoms with Gasteiger partial charge in [-0.25, -0.2) is 13.9 Å². The highest BCUT2D eigenvalue weighted by Crippen LogP contribution is 2.39. The van der Waals surface area contributed by atoms with Gasteiger partial charge in [-0.2, -0.15) is 5.10 Å². The van der Waals surface area contributed by atoms with Gasteiger partial charge < -0.3 is 19.9 Å². The van der Waals surface area contributed by atoms with Crippen molar-refractivity contribution in [1.29, 1.82) is 0 Å². The first kappa shape index (κ1) is 34.7. The number of hydrogen-bond acceptors (Lipinski definition) is 9. The van der Waals surface area contributed by atoms with E-state index in [2.05, 4.69) is 37.6 Å². The van der Waals surface area contributed by atoms with E-state index >= 15 is 4.39 Å². The zero-order valence-electron chi connectivity index (χ0n) is 30.0. The third-order valence-corrected chi connectivity index (χ3v) is 11.3. The molecule has 4 amide bonds. The van der Waals surface area contributed by atoms with E-state index in [1.165, 1.54) is 12.3 Å². The number of fused-ring (bicyclic) bond motifs is 2. The SMILES string of the molecule is CC(C)Oc1cc2c(cc1NC(=O)c1cnn3cccnc13)CN([C@H]1CC[C@H](N(C)C3CN(c4ccc(C5CCC(=O)NC5=O)c(F)c4)C3)CC1)C2=O. The molecule has 0 bridgehead atoms. The van der Waals surface area contributed by atoms with Crippen molar-refractivity contribution in [3.8, 4) is 5.75 Å². The van der Waals surface area contributed by atoms with Crippen molar-refractivity contribution >= 4 is 40.7 Å². The number of carbonyl (C=O) groups excluding carboxylic acids is 4. The summed E-state index contributed by atoms with van der Waals surface area (Å²) < 4.78 is 22.8. The summed E-state index contributed by atoms with van der Waals surface area (Å²) in [6.45, 7) is 5.84. The Morgan fingerprint density at radius 1 is 1.06 bits per heavy atom. The Morgan fingerprint density at radius 2 is 1.85 bits per heavy atom. The van der Waals surface area contributed by atoms with Gasteiger partial charge in [0.2, 0.25) is 11.8 Å². The Hall–Kier alpha value is -5.37. The Balaban J connectivity index is 0.873. The molecule has 1 unspecified atom stereocenters.